The Morgan fingerprint density at radius 3 is 2.03 bits per heavy atom. The van der Waals surface area contributed by atoms with Crippen LogP contribution < -0.4 is 16.0 Å². The molecule has 0 aliphatic heterocycles. The number of carbonyl (C=O) groups excluding carboxylic acids is 2. The fourth-order valence-corrected chi connectivity index (χ4v) is 2.85. The molecule has 0 bridgehead atoms. The number of amides is 2. The summed E-state index contributed by atoms with van der Waals surface area (Å²) in [5.41, 5.74) is 3.03. The molecule has 32 heavy (non-hydrogen) atoms. The summed E-state index contributed by atoms with van der Waals surface area (Å²) in [6, 6.07) is 15.0. The first-order valence-electron chi connectivity index (χ1n) is 10.3. The van der Waals surface area contributed by atoms with Crippen LogP contribution in [0.25, 0.3) is 0 Å². The Hall–Kier alpha value is -2.62. The van der Waals surface area contributed by atoms with E-state index in [-0.39, 0.29) is 41.3 Å². The van der Waals surface area contributed by atoms with Crippen LogP contribution in [0.15, 0.2) is 53.5 Å². The van der Waals surface area contributed by atoms with Crippen molar-refractivity contribution in [2.24, 2.45) is 4.99 Å². The summed E-state index contributed by atoms with van der Waals surface area (Å²) in [5, 5.41) is 9.50. The molecule has 2 amide bonds. The lowest BCUT2D eigenvalue weighted by molar-refractivity contribution is 0.0827. The molecule has 0 radical (unpaired) electrons. The summed E-state index contributed by atoms with van der Waals surface area (Å²) in [6.45, 7) is 6.98. The van der Waals surface area contributed by atoms with E-state index in [9.17, 15) is 9.59 Å². The summed E-state index contributed by atoms with van der Waals surface area (Å²) >= 11 is 0. The molecule has 8 heteroatoms. The van der Waals surface area contributed by atoms with Gasteiger partial charge in [0.05, 0.1) is 0 Å². The fraction of sp³-hybridized carbons (Fsp3) is 0.375. The number of rotatable bonds is 6. The molecule has 0 unspecified atom stereocenters. The van der Waals surface area contributed by atoms with Gasteiger partial charge in [0, 0.05) is 50.9 Å². The molecule has 0 atom stereocenters. The Morgan fingerprint density at radius 2 is 1.50 bits per heavy atom. The summed E-state index contributed by atoms with van der Waals surface area (Å²) in [7, 11) is 5.18. The summed E-state index contributed by atoms with van der Waals surface area (Å²) in [6.07, 6.45) is 0. The highest BCUT2D eigenvalue weighted by atomic mass is 127. The van der Waals surface area contributed by atoms with Crippen LogP contribution in [0.3, 0.4) is 0 Å². The average molecular weight is 551 g/mol. The number of aliphatic imine (C=N–C) groups is 1. The lowest BCUT2D eigenvalue weighted by Crippen LogP contribution is -2.40. The van der Waals surface area contributed by atoms with Crippen LogP contribution in [-0.4, -0.2) is 49.4 Å². The summed E-state index contributed by atoms with van der Waals surface area (Å²) < 4.78 is 0. The van der Waals surface area contributed by atoms with Gasteiger partial charge in [-0.05, 0) is 56.2 Å². The maximum atomic E-state index is 12.4. The second-order valence-electron chi connectivity index (χ2n) is 8.58. The number of hydrogen-bond acceptors (Lipinski definition) is 3. The predicted molar refractivity (Wildman–Crippen MR) is 141 cm³/mol. The van der Waals surface area contributed by atoms with Crippen LogP contribution in [0.4, 0.5) is 0 Å². The lowest BCUT2D eigenvalue weighted by atomic mass is 10.1. The first-order valence-corrected chi connectivity index (χ1v) is 10.3. The second-order valence-corrected chi connectivity index (χ2v) is 8.58. The number of carbonyl (C=O) groups is 2. The van der Waals surface area contributed by atoms with Crippen LogP contribution in [-0.2, 0) is 13.1 Å². The highest BCUT2D eigenvalue weighted by Crippen LogP contribution is 2.09. The third-order valence-electron chi connectivity index (χ3n) is 4.43. The van der Waals surface area contributed by atoms with E-state index in [0.717, 1.165) is 11.1 Å². The van der Waals surface area contributed by atoms with Crippen LogP contribution in [0, 0.1) is 0 Å². The minimum absolute atomic E-state index is 0. The molecule has 3 N–H and O–H groups in total. The maximum Gasteiger partial charge on any atom is 0.253 e. The largest absolute Gasteiger partial charge is 0.352 e. The van der Waals surface area contributed by atoms with Crippen LogP contribution in [0.1, 0.15) is 52.6 Å². The van der Waals surface area contributed by atoms with E-state index in [0.29, 0.717) is 30.2 Å². The molecule has 174 valence electrons. The zero-order valence-electron chi connectivity index (χ0n) is 19.7. The van der Waals surface area contributed by atoms with E-state index in [1.54, 1.807) is 26.0 Å². The number of hydrogen-bond donors (Lipinski definition) is 3. The zero-order valence-corrected chi connectivity index (χ0v) is 22.0. The molecule has 0 saturated carbocycles. The van der Waals surface area contributed by atoms with E-state index >= 15 is 0 Å². The van der Waals surface area contributed by atoms with Gasteiger partial charge in [-0.25, -0.2) is 0 Å². The highest BCUT2D eigenvalue weighted by Gasteiger charge is 2.15. The standard InChI is InChI=1S/C24H33N5O2.HI/c1-24(2,3)28-21(30)20-9-7-8-18(14-20)16-27-23(25-4)26-15-17-10-12-19(13-11-17)22(31)29(5)6;/h7-14H,15-16H2,1-6H3,(H,28,30)(H2,25,26,27);1H. The minimum atomic E-state index is -0.282. The van der Waals surface area contributed by atoms with Crippen molar-refractivity contribution >= 4 is 41.8 Å². The monoisotopic (exact) mass is 551 g/mol. The molecular weight excluding hydrogens is 517 g/mol. The summed E-state index contributed by atoms with van der Waals surface area (Å²) in [5.74, 6) is 0.543. The van der Waals surface area contributed by atoms with Gasteiger partial charge in [0.15, 0.2) is 5.96 Å². The molecule has 0 aliphatic rings. The Balaban J connectivity index is 0.00000512. The van der Waals surface area contributed by atoms with Crippen molar-refractivity contribution in [3.8, 4) is 0 Å². The Kier molecular flexibility index (Phi) is 10.6. The molecule has 7 nitrogen and oxygen atoms in total. The molecule has 2 aromatic rings. The third kappa shape index (κ3) is 8.86. The quantitative estimate of drug-likeness (QED) is 0.292. The predicted octanol–water partition coefficient (Wildman–Crippen LogP) is 3.40. The molecule has 0 fully saturated rings. The van der Waals surface area contributed by atoms with Crippen molar-refractivity contribution in [1.82, 2.24) is 20.9 Å². The number of guanidine groups is 1. The molecule has 0 aliphatic carbocycles. The molecule has 2 rings (SSSR count). The molecule has 0 saturated heterocycles. The van der Waals surface area contributed by atoms with Gasteiger partial charge in [-0.1, -0.05) is 24.3 Å². The number of benzene rings is 2. The molecule has 2 aromatic carbocycles. The van der Waals surface area contributed by atoms with Gasteiger partial charge in [-0.2, -0.15) is 0 Å². The van der Waals surface area contributed by atoms with E-state index in [2.05, 4.69) is 20.9 Å². The topological polar surface area (TPSA) is 85.8 Å². The van der Waals surface area contributed by atoms with Crippen molar-refractivity contribution in [2.45, 2.75) is 39.4 Å². The van der Waals surface area contributed by atoms with Gasteiger partial charge in [0.1, 0.15) is 0 Å². The maximum absolute atomic E-state index is 12.4. The van der Waals surface area contributed by atoms with E-state index in [1.807, 2.05) is 69.3 Å². The molecule has 0 heterocycles. The summed E-state index contributed by atoms with van der Waals surface area (Å²) in [4.78, 5) is 30.2. The number of nitrogens with one attached hydrogen (secondary N) is 3. The first-order chi connectivity index (χ1) is 14.6. The second kappa shape index (κ2) is 12.4. The highest BCUT2D eigenvalue weighted by molar-refractivity contribution is 14.0. The lowest BCUT2D eigenvalue weighted by Gasteiger charge is -2.20. The van der Waals surface area contributed by atoms with Gasteiger partial charge in [-0.15, -0.1) is 24.0 Å². The fourth-order valence-electron chi connectivity index (χ4n) is 2.85. The normalized spacial score (nSPS) is 11.2. The van der Waals surface area contributed by atoms with Crippen LogP contribution in [0.2, 0.25) is 0 Å². The van der Waals surface area contributed by atoms with Gasteiger partial charge in [-0.3, -0.25) is 14.6 Å². The van der Waals surface area contributed by atoms with Crippen molar-refractivity contribution in [1.29, 1.82) is 0 Å². The smallest absolute Gasteiger partial charge is 0.253 e. The van der Waals surface area contributed by atoms with Crippen molar-refractivity contribution in [3.05, 3.63) is 70.8 Å². The van der Waals surface area contributed by atoms with Gasteiger partial charge >= 0.3 is 0 Å². The van der Waals surface area contributed by atoms with Gasteiger partial charge in [0.25, 0.3) is 11.8 Å². The van der Waals surface area contributed by atoms with E-state index in [1.165, 1.54) is 0 Å². The van der Waals surface area contributed by atoms with Crippen molar-refractivity contribution < 1.29 is 9.59 Å². The first kappa shape index (κ1) is 27.4. The zero-order chi connectivity index (χ0) is 23.0. The van der Waals surface area contributed by atoms with E-state index in [4.69, 9.17) is 0 Å². The van der Waals surface area contributed by atoms with E-state index < -0.39 is 0 Å². The van der Waals surface area contributed by atoms with Crippen molar-refractivity contribution in [2.75, 3.05) is 21.1 Å². The molecule has 0 spiro atoms. The minimum Gasteiger partial charge on any atom is -0.352 e. The van der Waals surface area contributed by atoms with Crippen LogP contribution >= 0.6 is 24.0 Å². The average Bonchev–Trinajstić information content (AvgIpc) is 2.72. The molecule has 0 aromatic heterocycles. The molecular formula is C24H34IN5O2. The Morgan fingerprint density at radius 1 is 0.906 bits per heavy atom. The number of nitrogens with zero attached hydrogens (tertiary/aromatic N) is 2. The third-order valence-corrected chi connectivity index (χ3v) is 4.43. The van der Waals surface area contributed by atoms with Crippen LogP contribution in [0.5, 0.6) is 0 Å². The Labute approximate surface area is 208 Å². The van der Waals surface area contributed by atoms with Crippen molar-refractivity contribution in [3.63, 3.8) is 0 Å². The number of halogens is 1. The SMILES string of the molecule is CN=C(NCc1ccc(C(=O)N(C)C)cc1)NCc1cccc(C(=O)NC(C)(C)C)c1.I. The van der Waals surface area contributed by atoms with Gasteiger partial charge < -0.3 is 20.9 Å². The Bertz CT molecular complexity index is 934. The van der Waals surface area contributed by atoms with Gasteiger partial charge in [0.2, 0.25) is 0 Å².